The summed E-state index contributed by atoms with van der Waals surface area (Å²) in [4.78, 5) is 2.33. The van der Waals surface area contributed by atoms with Gasteiger partial charge in [-0.3, -0.25) is 4.90 Å². The molecule has 118 valence electrons. The number of aliphatic hydroxyl groups is 1. The summed E-state index contributed by atoms with van der Waals surface area (Å²) in [6.45, 7) is 4.77. The average molecular weight is 304 g/mol. The molecular formula is C14H28N2O3S. The molecule has 5 nitrogen and oxygen atoms in total. The van der Waals surface area contributed by atoms with Gasteiger partial charge in [-0.2, -0.15) is 0 Å². The largest absolute Gasteiger partial charge is 0.394 e. The third kappa shape index (κ3) is 3.93. The van der Waals surface area contributed by atoms with Gasteiger partial charge in [-0.15, -0.1) is 0 Å². The smallest absolute Gasteiger partial charge is 0.151 e. The molecule has 1 heterocycles. The minimum Gasteiger partial charge on any atom is -0.394 e. The Labute approximate surface area is 122 Å². The van der Waals surface area contributed by atoms with Gasteiger partial charge in [0.1, 0.15) is 0 Å². The Morgan fingerprint density at radius 2 is 2.15 bits per heavy atom. The van der Waals surface area contributed by atoms with Crippen molar-refractivity contribution in [2.24, 2.45) is 0 Å². The fraction of sp³-hybridized carbons (Fsp3) is 1.00. The van der Waals surface area contributed by atoms with Crippen molar-refractivity contribution in [1.29, 1.82) is 0 Å². The summed E-state index contributed by atoms with van der Waals surface area (Å²) < 4.78 is 23.4. The fourth-order valence-electron chi connectivity index (χ4n) is 3.48. The Bertz CT molecular complexity index is 413. The van der Waals surface area contributed by atoms with Gasteiger partial charge in [0.25, 0.3) is 0 Å². The van der Waals surface area contributed by atoms with E-state index in [0.717, 1.165) is 45.2 Å². The molecule has 1 saturated heterocycles. The molecule has 1 aliphatic carbocycles. The first-order valence-corrected chi connectivity index (χ1v) is 9.63. The number of rotatable bonds is 5. The molecule has 2 atom stereocenters. The third-order valence-corrected chi connectivity index (χ3v) is 6.46. The quantitative estimate of drug-likeness (QED) is 0.769. The van der Waals surface area contributed by atoms with Crippen LogP contribution < -0.4 is 5.32 Å². The molecule has 0 aromatic heterocycles. The van der Waals surface area contributed by atoms with Crippen LogP contribution in [0.25, 0.3) is 0 Å². The van der Waals surface area contributed by atoms with E-state index in [2.05, 4.69) is 17.1 Å². The van der Waals surface area contributed by atoms with Gasteiger partial charge in [0, 0.05) is 18.1 Å². The summed E-state index contributed by atoms with van der Waals surface area (Å²) in [5.41, 5.74) is -0.147. The summed E-state index contributed by atoms with van der Waals surface area (Å²) in [6, 6.07) is 0.416. The molecule has 0 radical (unpaired) electrons. The molecule has 2 rings (SSSR count). The highest BCUT2D eigenvalue weighted by Gasteiger charge is 2.40. The molecule has 0 spiro atoms. The molecule has 1 saturated carbocycles. The number of nitrogens with zero attached hydrogens (tertiary/aromatic N) is 1. The van der Waals surface area contributed by atoms with E-state index in [4.69, 9.17) is 0 Å². The van der Waals surface area contributed by atoms with E-state index in [-0.39, 0.29) is 17.9 Å². The van der Waals surface area contributed by atoms with Gasteiger partial charge in [0.05, 0.1) is 18.1 Å². The van der Waals surface area contributed by atoms with Gasteiger partial charge in [-0.05, 0) is 45.2 Å². The van der Waals surface area contributed by atoms with Gasteiger partial charge in [-0.1, -0.05) is 6.92 Å². The Balaban J connectivity index is 1.94. The molecule has 0 bridgehead atoms. The van der Waals surface area contributed by atoms with Crippen LogP contribution in [0.5, 0.6) is 0 Å². The fourth-order valence-corrected chi connectivity index (χ4v) is 4.77. The van der Waals surface area contributed by atoms with E-state index < -0.39 is 9.84 Å². The highest BCUT2D eigenvalue weighted by Crippen LogP contribution is 2.33. The summed E-state index contributed by atoms with van der Waals surface area (Å²) in [7, 11) is -2.84. The molecule has 0 amide bonds. The standard InChI is InChI=1S/C14H28N2O3S/c1-2-6-15-14(12-17)5-4-13(11-14)16-7-3-9-20(18,19)10-8-16/h13,15,17H,2-12H2,1H3. The van der Waals surface area contributed by atoms with Gasteiger partial charge in [0.15, 0.2) is 9.84 Å². The van der Waals surface area contributed by atoms with Crippen molar-refractivity contribution >= 4 is 9.84 Å². The van der Waals surface area contributed by atoms with Crippen LogP contribution in [-0.4, -0.2) is 67.8 Å². The maximum absolute atomic E-state index is 11.7. The second kappa shape index (κ2) is 6.73. The molecule has 2 unspecified atom stereocenters. The third-order valence-electron chi connectivity index (χ3n) is 4.74. The highest BCUT2D eigenvalue weighted by atomic mass is 32.2. The average Bonchev–Trinajstić information content (AvgIpc) is 2.76. The number of nitrogens with one attached hydrogen (secondary N) is 1. The topological polar surface area (TPSA) is 69.6 Å². The molecule has 0 aromatic carbocycles. The number of aliphatic hydroxyl groups excluding tert-OH is 1. The molecule has 1 aliphatic heterocycles. The van der Waals surface area contributed by atoms with Crippen LogP contribution in [0.2, 0.25) is 0 Å². The van der Waals surface area contributed by atoms with E-state index in [1.807, 2.05) is 0 Å². The minimum absolute atomic E-state index is 0.147. The zero-order valence-corrected chi connectivity index (χ0v) is 13.3. The van der Waals surface area contributed by atoms with Crippen LogP contribution in [0.4, 0.5) is 0 Å². The predicted octanol–water partition coefficient (Wildman–Crippen LogP) is 0.390. The van der Waals surface area contributed by atoms with Gasteiger partial charge < -0.3 is 10.4 Å². The first-order valence-electron chi connectivity index (χ1n) is 7.81. The van der Waals surface area contributed by atoms with E-state index in [1.54, 1.807) is 0 Å². The lowest BCUT2D eigenvalue weighted by molar-refractivity contribution is 0.145. The lowest BCUT2D eigenvalue weighted by Gasteiger charge is -2.31. The Morgan fingerprint density at radius 1 is 1.35 bits per heavy atom. The summed E-state index contributed by atoms with van der Waals surface area (Å²) in [5, 5.41) is 13.2. The van der Waals surface area contributed by atoms with E-state index >= 15 is 0 Å². The van der Waals surface area contributed by atoms with Crippen LogP contribution in [0.1, 0.15) is 39.0 Å². The number of sulfone groups is 1. The lowest BCUT2D eigenvalue weighted by atomic mass is 9.98. The second-order valence-electron chi connectivity index (χ2n) is 6.30. The van der Waals surface area contributed by atoms with Gasteiger partial charge in [0.2, 0.25) is 0 Å². The van der Waals surface area contributed by atoms with Gasteiger partial charge >= 0.3 is 0 Å². The summed E-state index contributed by atoms with van der Waals surface area (Å²) >= 11 is 0. The normalized spacial score (nSPS) is 35.0. The van der Waals surface area contributed by atoms with E-state index in [9.17, 15) is 13.5 Å². The van der Waals surface area contributed by atoms with Crippen molar-refractivity contribution < 1.29 is 13.5 Å². The zero-order valence-electron chi connectivity index (χ0n) is 12.5. The maximum Gasteiger partial charge on any atom is 0.151 e. The Morgan fingerprint density at radius 3 is 2.85 bits per heavy atom. The van der Waals surface area contributed by atoms with Crippen molar-refractivity contribution in [3.05, 3.63) is 0 Å². The molecule has 2 N–H and O–H groups in total. The van der Waals surface area contributed by atoms with Crippen LogP contribution in [0.15, 0.2) is 0 Å². The first-order chi connectivity index (χ1) is 9.50. The number of hydrogen-bond acceptors (Lipinski definition) is 5. The van der Waals surface area contributed by atoms with E-state index in [0.29, 0.717) is 18.3 Å². The predicted molar refractivity (Wildman–Crippen MR) is 80.6 cm³/mol. The SMILES string of the molecule is CCCNC1(CO)CCC(N2CCCS(=O)(=O)CC2)C1. The molecule has 6 heteroatoms. The first kappa shape index (κ1) is 16.2. The molecule has 20 heavy (non-hydrogen) atoms. The summed E-state index contributed by atoms with van der Waals surface area (Å²) in [6.07, 6.45) is 4.78. The second-order valence-corrected chi connectivity index (χ2v) is 8.61. The Hall–Kier alpha value is -0.170. The minimum atomic E-state index is -2.84. The van der Waals surface area contributed by atoms with Crippen molar-refractivity contribution in [1.82, 2.24) is 10.2 Å². The monoisotopic (exact) mass is 304 g/mol. The summed E-state index contributed by atoms with van der Waals surface area (Å²) in [5.74, 6) is 0.619. The molecule has 2 fully saturated rings. The van der Waals surface area contributed by atoms with Crippen molar-refractivity contribution in [3.63, 3.8) is 0 Å². The molecule has 0 aromatic rings. The van der Waals surface area contributed by atoms with E-state index in [1.165, 1.54) is 0 Å². The van der Waals surface area contributed by atoms with Crippen LogP contribution in [0, 0.1) is 0 Å². The van der Waals surface area contributed by atoms with Gasteiger partial charge in [-0.25, -0.2) is 8.42 Å². The van der Waals surface area contributed by atoms with Crippen molar-refractivity contribution in [3.8, 4) is 0 Å². The maximum atomic E-state index is 11.7. The highest BCUT2D eigenvalue weighted by molar-refractivity contribution is 7.91. The molecular weight excluding hydrogens is 276 g/mol. The lowest BCUT2D eigenvalue weighted by Crippen LogP contribution is -2.48. The van der Waals surface area contributed by atoms with Crippen molar-refractivity contribution in [2.45, 2.75) is 50.6 Å². The van der Waals surface area contributed by atoms with Crippen molar-refractivity contribution in [2.75, 3.05) is 37.7 Å². The van der Waals surface area contributed by atoms with Crippen LogP contribution in [-0.2, 0) is 9.84 Å². The zero-order chi connectivity index (χ0) is 14.6. The van der Waals surface area contributed by atoms with Crippen LogP contribution in [0.3, 0.4) is 0 Å². The molecule has 2 aliphatic rings. The number of hydrogen-bond donors (Lipinski definition) is 2. The Kier molecular flexibility index (Phi) is 5.45. The van der Waals surface area contributed by atoms with Crippen LogP contribution >= 0.6 is 0 Å².